The van der Waals surface area contributed by atoms with Crippen molar-refractivity contribution in [3.63, 3.8) is 0 Å². The van der Waals surface area contributed by atoms with Crippen molar-refractivity contribution in [3.05, 3.63) is 16.9 Å². The number of fused-ring (bicyclic) bond motifs is 1. The molecule has 2 aliphatic rings. The second-order valence-electron chi connectivity index (χ2n) is 6.24. The third-order valence-electron chi connectivity index (χ3n) is 4.70. The van der Waals surface area contributed by atoms with Gasteiger partial charge in [0.25, 0.3) is 0 Å². The normalized spacial score (nSPS) is 20.9. The van der Waals surface area contributed by atoms with Gasteiger partial charge in [0.15, 0.2) is 0 Å². The molecule has 0 unspecified atom stereocenters. The van der Waals surface area contributed by atoms with Crippen LogP contribution in [-0.4, -0.2) is 51.6 Å². The molecule has 6 nitrogen and oxygen atoms in total. The quantitative estimate of drug-likeness (QED) is 0.894. The van der Waals surface area contributed by atoms with Crippen LogP contribution in [-0.2, 0) is 11.2 Å². The first-order chi connectivity index (χ1) is 10.1. The second-order valence-corrected chi connectivity index (χ2v) is 7.40. The van der Waals surface area contributed by atoms with Gasteiger partial charge in [-0.25, -0.2) is 9.50 Å². The third kappa shape index (κ3) is 2.34. The minimum absolute atomic E-state index is 0.194. The Morgan fingerprint density at radius 2 is 2.19 bits per heavy atom. The lowest BCUT2D eigenvalue weighted by atomic mass is 9.73. The number of aromatic nitrogens is 3. The number of nitrogens with one attached hydrogen (secondary N) is 1. The Bertz CT molecular complexity index is 645. The van der Waals surface area contributed by atoms with E-state index in [0.29, 0.717) is 11.8 Å². The highest BCUT2D eigenvalue weighted by molar-refractivity contribution is 7.16. The zero-order valence-electron chi connectivity index (χ0n) is 12.1. The molecule has 112 valence electrons. The maximum absolute atomic E-state index is 12.4. The van der Waals surface area contributed by atoms with Crippen molar-refractivity contribution in [2.45, 2.75) is 26.2 Å². The first kappa shape index (κ1) is 13.2. The van der Waals surface area contributed by atoms with E-state index in [1.165, 1.54) is 0 Å². The van der Waals surface area contributed by atoms with Crippen LogP contribution >= 0.6 is 11.3 Å². The number of nitrogens with zero attached hydrogens (tertiary/aromatic N) is 4. The topological polar surface area (TPSA) is 62.5 Å². The number of amides is 1. The Labute approximate surface area is 127 Å². The molecule has 21 heavy (non-hydrogen) atoms. The maximum atomic E-state index is 12.4. The Balaban J connectivity index is 1.40. The van der Waals surface area contributed by atoms with Gasteiger partial charge in [0.1, 0.15) is 5.01 Å². The first-order valence-electron chi connectivity index (χ1n) is 7.44. The molecule has 7 heteroatoms. The summed E-state index contributed by atoms with van der Waals surface area (Å²) in [5.74, 6) is 0.194. The van der Waals surface area contributed by atoms with E-state index >= 15 is 0 Å². The molecule has 0 aliphatic carbocycles. The molecule has 1 amide bonds. The lowest BCUT2D eigenvalue weighted by molar-refractivity contribution is -0.133. The summed E-state index contributed by atoms with van der Waals surface area (Å²) in [5.41, 5.74) is 1.30. The van der Waals surface area contributed by atoms with Crippen molar-refractivity contribution in [1.82, 2.24) is 24.8 Å². The van der Waals surface area contributed by atoms with Crippen LogP contribution in [0.1, 0.15) is 23.5 Å². The number of rotatable bonds is 2. The number of hydrogen-bond donors (Lipinski definition) is 1. The van der Waals surface area contributed by atoms with E-state index in [2.05, 4.69) is 15.4 Å². The van der Waals surface area contributed by atoms with E-state index in [4.69, 9.17) is 0 Å². The Kier molecular flexibility index (Phi) is 3.00. The van der Waals surface area contributed by atoms with Gasteiger partial charge in [0.05, 0.1) is 18.3 Å². The van der Waals surface area contributed by atoms with E-state index in [0.717, 1.165) is 54.7 Å². The fraction of sp³-hybridized carbons (Fsp3) is 0.643. The van der Waals surface area contributed by atoms with E-state index in [9.17, 15) is 4.79 Å². The Hall–Kier alpha value is -1.47. The van der Waals surface area contributed by atoms with Crippen LogP contribution in [0.4, 0.5) is 0 Å². The van der Waals surface area contributed by atoms with E-state index in [1.807, 2.05) is 18.0 Å². The molecule has 2 aromatic heterocycles. The van der Waals surface area contributed by atoms with Crippen LogP contribution in [0.25, 0.3) is 4.96 Å². The summed E-state index contributed by atoms with van der Waals surface area (Å²) in [6.45, 7) is 5.98. The Morgan fingerprint density at radius 3 is 2.81 bits per heavy atom. The largest absolute Gasteiger partial charge is 0.342 e. The van der Waals surface area contributed by atoms with E-state index < -0.39 is 0 Å². The van der Waals surface area contributed by atoms with Gasteiger partial charge in [-0.1, -0.05) is 11.3 Å². The number of aryl methyl sites for hydroxylation is 1. The van der Waals surface area contributed by atoms with E-state index in [1.54, 1.807) is 15.9 Å². The number of carbonyl (C=O) groups is 1. The number of hydrogen-bond acceptors (Lipinski definition) is 5. The van der Waals surface area contributed by atoms with Crippen LogP contribution in [0.2, 0.25) is 0 Å². The summed E-state index contributed by atoms with van der Waals surface area (Å²) in [5, 5.41) is 8.67. The standard InChI is InChI=1S/C14H19N5OS/c1-10-17-19-7-11(16-13(19)21-10)6-12(20)18-4-2-14(3-5-18)8-15-9-14/h7,15H,2-6,8-9H2,1H3. The van der Waals surface area contributed by atoms with Gasteiger partial charge in [-0.05, 0) is 25.2 Å². The molecule has 2 aliphatic heterocycles. The minimum Gasteiger partial charge on any atom is -0.342 e. The predicted octanol–water partition coefficient (Wildman–Crippen LogP) is 0.854. The first-order valence-corrected chi connectivity index (χ1v) is 8.25. The summed E-state index contributed by atoms with van der Waals surface area (Å²) >= 11 is 1.55. The van der Waals surface area contributed by atoms with E-state index in [-0.39, 0.29) is 5.91 Å². The van der Waals surface area contributed by atoms with Gasteiger partial charge in [0, 0.05) is 26.2 Å². The van der Waals surface area contributed by atoms with Gasteiger partial charge in [-0.15, -0.1) is 0 Å². The monoisotopic (exact) mass is 305 g/mol. The fourth-order valence-electron chi connectivity index (χ4n) is 3.26. The molecule has 0 bridgehead atoms. The van der Waals surface area contributed by atoms with Crippen molar-refractivity contribution in [2.24, 2.45) is 5.41 Å². The molecule has 0 radical (unpaired) electrons. The van der Waals surface area contributed by atoms with Gasteiger partial charge >= 0.3 is 0 Å². The van der Waals surface area contributed by atoms with Gasteiger partial charge < -0.3 is 10.2 Å². The Morgan fingerprint density at radius 1 is 1.43 bits per heavy atom. The summed E-state index contributed by atoms with van der Waals surface area (Å²) < 4.78 is 1.77. The highest BCUT2D eigenvalue weighted by Crippen LogP contribution is 2.35. The lowest BCUT2D eigenvalue weighted by Crippen LogP contribution is -2.58. The molecule has 0 aromatic carbocycles. The molecular formula is C14H19N5OS. The third-order valence-corrected chi connectivity index (χ3v) is 5.54. The van der Waals surface area contributed by atoms with Crippen LogP contribution in [0.15, 0.2) is 6.20 Å². The SMILES string of the molecule is Cc1nn2cc(CC(=O)N3CCC4(CC3)CNC4)nc2s1. The smallest absolute Gasteiger partial charge is 0.228 e. The second kappa shape index (κ2) is 4.78. The molecule has 2 saturated heterocycles. The zero-order chi connectivity index (χ0) is 14.4. The number of carbonyl (C=O) groups excluding carboxylic acids is 1. The molecule has 1 N–H and O–H groups in total. The highest BCUT2D eigenvalue weighted by atomic mass is 32.1. The van der Waals surface area contributed by atoms with Gasteiger partial charge in [-0.2, -0.15) is 5.10 Å². The molecule has 4 heterocycles. The number of piperidine rings is 1. The average Bonchev–Trinajstić information content (AvgIpc) is 2.93. The summed E-state index contributed by atoms with van der Waals surface area (Å²) in [4.78, 5) is 19.7. The molecule has 0 saturated carbocycles. The van der Waals surface area contributed by atoms with Crippen LogP contribution in [0.3, 0.4) is 0 Å². The predicted molar refractivity (Wildman–Crippen MR) is 80.4 cm³/mol. The van der Waals surface area contributed by atoms with Crippen LogP contribution in [0, 0.1) is 12.3 Å². The summed E-state index contributed by atoms with van der Waals surface area (Å²) in [6.07, 6.45) is 4.52. The summed E-state index contributed by atoms with van der Waals surface area (Å²) in [6, 6.07) is 0. The molecule has 4 rings (SSSR count). The van der Waals surface area contributed by atoms with Crippen molar-refractivity contribution in [3.8, 4) is 0 Å². The van der Waals surface area contributed by atoms with Crippen molar-refractivity contribution in [2.75, 3.05) is 26.2 Å². The van der Waals surface area contributed by atoms with Gasteiger partial charge in [-0.3, -0.25) is 4.79 Å². The average molecular weight is 305 g/mol. The molecule has 1 spiro atoms. The fourth-order valence-corrected chi connectivity index (χ4v) is 4.00. The van der Waals surface area contributed by atoms with Gasteiger partial charge in [0.2, 0.25) is 10.9 Å². The number of imidazole rings is 1. The molecule has 2 fully saturated rings. The number of likely N-dealkylation sites (tertiary alicyclic amines) is 1. The molecule has 0 atom stereocenters. The summed E-state index contributed by atoms with van der Waals surface area (Å²) in [7, 11) is 0. The van der Waals surface area contributed by atoms with Crippen molar-refractivity contribution in [1.29, 1.82) is 0 Å². The lowest BCUT2D eigenvalue weighted by Gasteiger charge is -2.48. The minimum atomic E-state index is 0.194. The molecule has 2 aromatic rings. The highest BCUT2D eigenvalue weighted by Gasteiger charge is 2.40. The van der Waals surface area contributed by atoms with Crippen molar-refractivity contribution < 1.29 is 4.79 Å². The van der Waals surface area contributed by atoms with Crippen molar-refractivity contribution >= 4 is 22.2 Å². The molecular weight excluding hydrogens is 286 g/mol. The van der Waals surface area contributed by atoms with Crippen LogP contribution in [0.5, 0.6) is 0 Å². The maximum Gasteiger partial charge on any atom is 0.228 e. The zero-order valence-corrected chi connectivity index (χ0v) is 12.9. The van der Waals surface area contributed by atoms with Crippen LogP contribution < -0.4 is 5.32 Å².